The lowest BCUT2D eigenvalue weighted by atomic mass is 9.79. The molecular weight excluding hydrogens is 269 g/mol. The Morgan fingerprint density at radius 2 is 1.90 bits per heavy atom. The number of nitrogens with zero attached hydrogens (tertiary/aromatic N) is 1. The van der Waals surface area contributed by atoms with Crippen LogP contribution in [0.2, 0.25) is 0 Å². The summed E-state index contributed by atoms with van der Waals surface area (Å²) in [5.41, 5.74) is 2.91. The number of pyridine rings is 1. The Bertz CT molecular complexity index is 631. The SMILES string of the molecule is COc1cc(C)nc(COc2ccc(B(O)O)cc2C)c1. The predicted molar refractivity (Wildman–Crippen MR) is 80.9 cm³/mol. The number of methoxy groups -OCH3 is 1. The van der Waals surface area contributed by atoms with Crippen molar-refractivity contribution in [2.75, 3.05) is 7.11 Å². The van der Waals surface area contributed by atoms with Crippen LogP contribution in [0.15, 0.2) is 30.3 Å². The van der Waals surface area contributed by atoms with Crippen LogP contribution in [0.4, 0.5) is 0 Å². The van der Waals surface area contributed by atoms with Crippen LogP contribution in [0.1, 0.15) is 17.0 Å². The van der Waals surface area contributed by atoms with Gasteiger partial charge in [0.15, 0.2) is 0 Å². The van der Waals surface area contributed by atoms with E-state index < -0.39 is 7.12 Å². The van der Waals surface area contributed by atoms with Crippen molar-refractivity contribution in [2.45, 2.75) is 20.5 Å². The topological polar surface area (TPSA) is 71.8 Å². The molecule has 2 N–H and O–H groups in total. The molecule has 2 rings (SSSR count). The first-order valence-electron chi connectivity index (χ1n) is 6.60. The van der Waals surface area contributed by atoms with Crippen molar-refractivity contribution in [3.8, 4) is 11.5 Å². The molecule has 0 unspecified atom stereocenters. The van der Waals surface area contributed by atoms with Gasteiger partial charge in [-0.15, -0.1) is 0 Å². The summed E-state index contributed by atoms with van der Waals surface area (Å²) in [6.45, 7) is 4.07. The van der Waals surface area contributed by atoms with Gasteiger partial charge in [-0.05, 0) is 30.9 Å². The maximum absolute atomic E-state index is 9.13. The van der Waals surface area contributed by atoms with Crippen LogP contribution in [0.3, 0.4) is 0 Å². The highest BCUT2D eigenvalue weighted by molar-refractivity contribution is 6.58. The number of ether oxygens (including phenoxy) is 2. The maximum Gasteiger partial charge on any atom is 0.488 e. The predicted octanol–water partition coefficient (Wildman–Crippen LogP) is 0.966. The molecule has 0 saturated carbocycles. The number of aromatic nitrogens is 1. The van der Waals surface area contributed by atoms with E-state index in [1.165, 1.54) is 0 Å². The highest BCUT2D eigenvalue weighted by Gasteiger charge is 2.12. The third-order valence-electron chi connectivity index (χ3n) is 3.09. The number of benzene rings is 1. The Morgan fingerprint density at radius 3 is 2.52 bits per heavy atom. The van der Waals surface area contributed by atoms with Crippen molar-refractivity contribution < 1.29 is 19.5 Å². The molecule has 0 atom stereocenters. The third kappa shape index (κ3) is 3.96. The van der Waals surface area contributed by atoms with E-state index in [4.69, 9.17) is 19.5 Å². The molecule has 0 bridgehead atoms. The van der Waals surface area contributed by atoms with Gasteiger partial charge in [-0.25, -0.2) is 0 Å². The summed E-state index contributed by atoms with van der Waals surface area (Å²) in [6.07, 6.45) is 0. The number of hydrogen-bond donors (Lipinski definition) is 2. The van der Waals surface area contributed by atoms with Gasteiger partial charge < -0.3 is 19.5 Å². The van der Waals surface area contributed by atoms with Gasteiger partial charge in [0.1, 0.15) is 18.1 Å². The molecule has 0 radical (unpaired) electrons. The Kier molecular flexibility index (Phi) is 4.83. The van der Waals surface area contributed by atoms with Crippen LogP contribution in [-0.2, 0) is 6.61 Å². The summed E-state index contributed by atoms with van der Waals surface area (Å²) in [5, 5.41) is 18.3. The van der Waals surface area contributed by atoms with E-state index in [-0.39, 0.29) is 0 Å². The first-order valence-corrected chi connectivity index (χ1v) is 6.60. The molecule has 1 heterocycles. The highest BCUT2D eigenvalue weighted by Crippen LogP contribution is 2.19. The Labute approximate surface area is 124 Å². The van der Waals surface area contributed by atoms with Crippen molar-refractivity contribution in [2.24, 2.45) is 0 Å². The average molecular weight is 287 g/mol. The van der Waals surface area contributed by atoms with Gasteiger partial charge in [0.05, 0.1) is 12.8 Å². The molecule has 5 nitrogen and oxygen atoms in total. The first kappa shape index (κ1) is 15.3. The van der Waals surface area contributed by atoms with Gasteiger partial charge in [-0.1, -0.05) is 12.1 Å². The van der Waals surface area contributed by atoms with Gasteiger partial charge in [-0.2, -0.15) is 0 Å². The summed E-state index contributed by atoms with van der Waals surface area (Å²) < 4.78 is 10.9. The molecule has 0 saturated heterocycles. The second-order valence-corrected chi connectivity index (χ2v) is 4.83. The van der Waals surface area contributed by atoms with Crippen LogP contribution >= 0.6 is 0 Å². The zero-order chi connectivity index (χ0) is 15.4. The van der Waals surface area contributed by atoms with Crippen molar-refractivity contribution in [1.29, 1.82) is 0 Å². The second kappa shape index (κ2) is 6.60. The average Bonchev–Trinajstić information content (AvgIpc) is 2.45. The Hall–Kier alpha value is -2.05. The fourth-order valence-corrected chi connectivity index (χ4v) is 2.04. The smallest absolute Gasteiger partial charge is 0.488 e. The molecule has 0 spiro atoms. The molecule has 2 aromatic rings. The largest absolute Gasteiger partial charge is 0.497 e. The fraction of sp³-hybridized carbons (Fsp3) is 0.267. The zero-order valence-corrected chi connectivity index (χ0v) is 12.3. The minimum absolute atomic E-state index is 0.319. The Balaban J connectivity index is 2.11. The van der Waals surface area contributed by atoms with Crippen LogP contribution in [0.5, 0.6) is 11.5 Å². The molecule has 6 heteroatoms. The van der Waals surface area contributed by atoms with Gasteiger partial charge in [0, 0.05) is 17.8 Å². The van der Waals surface area contributed by atoms with Gasteiger partial charge in [-0.3, -0.25) is 4.98 Å². The van der Waals surface area contributed by atoms with Crippen molar-refractivity contribution in [3.63, 3.8) is 0 Å². The first-order chi connectivity index (χ1) is 9.99. The highest BCUT2D eigenvalue weighted by atomic mass is 16.5. The molecule has 110 valence electrons. The zero-order valence-electron chi connectivity index (χ0n) is 12.3. The lowest BCUT2D eigenvalue weighted by molar-refractivity contribution is 0.298. The molecule has 0 fully saturated rings. The second-order valence-electron chi connectivity index (χ2n) is 4.83. The van der Waals surface area contributed by atoms with E-state index in [0.29, 0.717) is 17.8 Å². The van der Waals surface area contributed by atoms with E-state index in [1.807, 2.05) is 26.0 Å². The maximum atomic E-state index is 9.13. The van der Waals surface area contributed by atoms with Gasteiger partial charge in [0.25, 0.3) is 0 Å². The van der Waals surface area contributed by atoms with E-state index in [9.17, 15) is 0 Å². The quantitative estimate of drug-likeness (QED) is 0.802. The van der Waals surface area contributed by atoms with Gasteiger partial charge in [0.2, 0.25) is 0 Å². The summed E-state index contributed by atoms with van der Waals surface area (Å²) in [4.78, 5) is 4.39. The summed E-state index contributed by atoms with van der Waals surface area (Å²) in [5.74, 6) is 1.43. The monoisotopic (exact) mass is 287 g/mol. The summed E-state index contributed by atoms with van der Waals surface area (Å²) in [6, 6.07) is 8.71. The third-order valence-corrected chi connectivity index (χ3v) is 3.09. The van der Waals surface area contributed by atoms with Crippen molar-refractivity contribution in [1.82, 2.24) is 4.98 Å². The van der Waals surface area contributed by atoms with Crippen LogP contribution in [0.25, 0.3) is 0 Å². The molecule has 0 amide bonds. The van der Waals surface area contributed by atoms with E-state index >= 15 is 0 Å². The molecule has 21 heavy (non-hydrogen) atoms. The van der Waals surface area contributed by atoms with Crippen molar-refractivity contribution >= 4 is 12.6 Å². The molecule has 0 aliphatic heterocycles. The number of hydrogen-bond acceptors (Lipinski definition) is 5. The molecular formula is C15H18BNO4. The molecule has 0 aliphatic carbocycles. The lowest BCUT2D eigenvalue weighted by Crippen LogP contribution is -2.29. The lowest BCUT2D eigenvalue weighted by Gasteiger charge is -2.11. The molecule has 1 aromatic carbocycles. The fourth-order valence-electron chi connectivity index (χ4n) is 2.04. The van der Waals surface area contributed by atoms with E-state index in [2.05, 4.69) is 4.98 Å². The van der Waals surface area contributed by atoms with Crippen LogP contribution in [-0.4, -0.2) is 29.3 Å². The van der Waals surface area contributed by atoms with Crippen LogP contribution < -0.4 is 14.9 Å². The van der Waals surface area contributed by atoms with E-state index in [0.717, 1.165) is 22.7 Å². The number of aryl methyl sites for hydroxylation is 2. The molecule has 1 aromatic heterocycles. The summed E-state index contributed by atoms with van der Waals surface area (Å²) >= 11 is 0. The van der Waals surface area contributed by atoms with E-state index in [1.54, 1.807) is 25.3 Å². The molecule has 0 aliphatic rings. The standard InChI is InChI=1S/C15H18BNO4/c1-10-6-12(16(18)19)4-5-15(10)21-9-13-8-14(20-3)7-11(2)17-13/h4-8,18-19H,9H2,1-3H3. The number of rotatable bonds is 5. The Morgan fingerprint density at radius 1 is 1.14 bits per heavy atom. The summed E-state index contributed by atoms with van der Waals surface area (Å²) in [7, 11) is 0.142. The minimum atomic E-state index is -1.47. The van der Waals surface area contributed by atoms with Gasteiger partial charge >= 0.3 is 7.12 Å². The van der Waals surface area contributed by atoms with Crippen molar-refractivity contribution in [3.05, 3.63) is 47.3 Å². The normalized spacial score (nSPS) is 10.3. The van der Waals surface area contributed by atoms with Crippen LogP contribution in [0, 0.1) is 13.8 Å². The minimum Gasteiger partial charge on any atom is -0.497 e.